The summed E-state index contributed by atoms with van der Waals surface area (Å²) in [7, 11) is 4.03. The lowest BCUT2D eigenvalue weighted by atomic mass is 10.2. The Morgan fingerprint density at radius 2 is 1.81 bits per heavy atom. The highest BCUT2D eigenvalue weighted by molar-refractivity contribution is 5.80. The van der Waals surface area contributed by atoms with E-state index in [-0.39, 0.29) is 0 Å². The van der Waals surface area contributed by atoms with Crippen LogP contribution in [0.1, 0.15) is 12.5 Å². The van der Waals surface area contributed by atoms with Crippen LogP contribution in [0, 0.1) is 0 Å². The smallest absolute Gasteiger partial charge is 0.194 e. The van der Waals surface area contributed by atoms with E-state index in [4.69, 9.17) is 4.99 Å². The van der Waals surface area contributed by atoms with Gasteiger partial charge in [-0.1, -0.05) is 24.3 Å². The fourth-order valence-electron chi connectivity index (χ4n) is 3.36. The van der Waals surface area contributed by atoms with Crippen LogP contribution >= 0.6 is 0 Å². The van der Waals surface area contributed by atoms with E-state index in [0.29, 0.717) is 6.54 Å². The number of nitrogens with zero attached hydrogens (tertiary/aromatic N) is 5. The third-order valence-electron chi connectivity index (χ3n) is 4.73. The maximum atomic E-state index is 4.89. The maximum absolute atomic E-state index is 4.89. The average molecular weight is 367 g/mol. The summed E-state index contributed by atoms with van der Waals surface area (Å²) < 4.78 is 0. The molecule has 1 aromatic heterocycles. The molecule has 27 heavy (non-hydrogen) atoms. The van der Waals surface area contributed by atoms with E-state index in [0.717, 1.165) is 50.1 Å². The molecule has 0 bridgehead atoms. The second-order valence-corrected chi connectivity index (χ2v) is 6.86. The molecule has 0 amide bonds. The zero-order chi connectivity index (χ0) is 19.1. The van der Waals surface area contributed by atoms with Gasteiger partial charge >= 0.3 is 0 Å². The largest absolute Gasteiger partial charge is 0.368 e. The minimum absolute atomic E-state index is 0.628. The number of guanidine groups is 1. The predicted octanol–water partition coefficient (Wildman–Crippen LogP) is 2.44. The second-order valence-electron chi connectivity index (χ2n) is 6.86. The Hall–Kier alpha value is -2.76. The van der Waals surface area contributed by atoms with Gasteiger partial charge in [-0.25, -0.2) is 9.98 Å². The summed E-state index contributed by atoms with van der Waals surface area (Å²) >= 11 is 0. The zero-order valence-corrected chi connectivity index (χ0v) is 16.6. The number of pyridine rings is 1. The van der Waals surface area contributed by atoms with Crippen LogP contribution < -0.4 is 15.1 Å². The van der Waals surface area contributed by atoms with Gasteiger partial charge in [0.2, 0.25) is 0 Å². The quantitative estimate of drug-likeness (QED) is 0.651. The van der Waals surface area contributed by atoms with Gasteiger partial charge in [-0.05, 0) is 25.1 Å². The fourth-order valence-corrected chi connectivity index (χ4v) is 3.36. The van der Waals surface area contributed by atoms with E-state index in [2.05, 4.69) is 63.4 Å². The molecule has 3 rings (SSSR count). The van der Waals surface area contributed by atoms with Crippen LogP contribution in [0.2, 0.25) is 0 Å². The molecule has 1 aliphatic rings. The number of para-hydroxylation sites is 1. The molecule has 2 heterocycles. The minimum Gasteiger partial charge on any atom is -0.368 e. The zero-order valence-electron chi connectivity index (χ0n) is 16.6. The molecule has 1 N–H and O–H groups in total. The van der Waals surface area contributed by atoms with E-state index < -0.39 is 0 Å². The SMILES string of the molecule is CCNC(=NCc1cccnc1N(C)C)N1CCN(c2ccccc2)CC1. The number of benzene rings is 1. The lowest BCUT2D eigenvalue weighted by Gasteiger charge is -2.37. The summed E-state index contributed by atoms with van der Waals surface area (Å²) in [5.41, 5.74) is 2.44. The van der Waals surface area contributed by atoms with Crippen molar-refractivity contribution in [2.45, 2.75) is 13.5 Å². The summed E-state index contributed by atoms with van der Waals surface area (Å²) in [4.78, 5) is 16.2. The minimum atomic E-state index is 0.628. The van der Waals surface area contributed by atoms with Crippen LogP contribution in [0.3, 0.4) is 0 Å². The average Bonchev–Trinajstić information content (AvgIpc) is 2.72. The van der Waals surface area contributed by atoms with Crippen molar-refractivity contribution in [1.82, 2.24) is 15.2 Å². The lowest BCUT2D eigenvalue weighted by molar-refractivity contribution is 0.372. The van der Waals surface area contributed by atoms with Gasteiger partial charge in [0.05, 0.1) is 6.54 Å². The van der Waals surface area contributed by atoms with Gasteiger partial charge in [0.1, 0.15) is 5.82 Å². The van der Waals surface area contributed by atoms with Crippen LogP contribution in [0.4, 0.5) is 11.5 Å². The predicted molar refractivity (Wildman–Crippen MR) is 114 cm³/mol. The molecule has 0 spiro atoms. The first-order valence-corrected chi connectivity index (χ1v) is 9.63. The summed E-state index contributed by atoms with van der Waals surface area (Å²) in [6, 6.07) is 14.7. The number of anilines is 2. The van der Waals surface area contributed by atoms with E-state index in [1.54, 1.807) is 0 Å². The lowest BCUT2D eigenvalue weighted by Crippen LogP contribution is -2.52. The third kappa shape index (κ3) is 4.90. The molecule has 1 saturated heterocycles. The summed E-state index contributed by atoms with van der Waals surface area (Å²) in [5, 5.41) is 3.45. The molecule has 6 nitrogen and oxygen atoms in total. The molecular weight excluding hydrogens is 336 g/mol. The van der Waals surface area contributed by atoms with Crippen LogP contribution in [-0.2, 0) is 6.54 Å². The Balaban J connectivity index is 1.67. The van der Waals surface area contributed by atoms with E-state index in [1.807, 2.05) is 31.3 Å². The van der Waals surface area contributed by atoms with Gasteiger partial charge < -0.3 is 20.0 Å². The van der Waals surface area contributed by atoms with Gasteiger partial charge in [0.15, 0.2) is 5.96 Å². The summed E-state index contributed by atoms with van der Waals surface area (Å²) in [6.45, 7) is 7.55. The Morgan fingerprint density at radius 3 is 2.48 bits per heavy atom. The van der Waals surface area contributed by atoms with Crippen LogP contribution in [-0.4, -0.2) is 62.7 Å². The molecule has 1 aliphatic heterocycles. The number of piperazine rings is 1. The number of nitrogens with one attached hydrogen (secondary N) is 1. The molecule has 0 unspecified atom stereocenters. The Labute approximate surface area is 162 Å². The first-order chi connectivity index (χ1) is 13.2. The van der Waals surface area contributed by atoms with E-state index in [9.17, 15) is 0 Å². The van der Waals surface area contributed by atoms with Crippen molar-refractivity contribution in [2.24, 2.45) is 4.99 Å². The number of rotatable bonds is 5. The first-order valence-electron chi connectivity index (χ1n) is 9.63. The molecular formula is C21H30N6. The molecule has 1 fully saturated rings. The number of hydrogen-bond acceptors (Lipinski definition) is 4. The Morgan fingerprint density at radius 1 is 1.07 bits per heavy atom. The standard InChI is InChI=1S/C21H30N6/c1-4-22-21(24-17-18-9-8-12-23-20(18)25(2)3)27-15-13-26(14-16-27)19-10-6-5-7-11-19/h5-12H,4,13-17H2,1-3H3,(H,22,24). The van der Waals surface area contributed by atoms with Gasteiger partial charge in [-0.15, -0.1) is 0 Å². The fraction of sp³-hybridized carbons (Fsp3) is 0.429. The van der Waals surface area contributed by atoms with Crippen molar-refractivity contribution in [2.75, 3.05) is 56.6 Å². The number of hydrogen-bond donors (Lipinski definition) is 1. The van der Waals surface area contributed by atoms with Crippen LogP contribution in [0.15, 0.2) is 53.7 Å². The monoisotopic (exact) mass is 366 g/mol. The second kappa shape index (κ2) is 9.26. The highest BCUT2D eigenvalue weighted by atomic mass is 15.3. The van der Waals surface area contributed by atoms with Crippen molar-refractivity contribution < 1.29 is 0 Å². The van der Waals surface area contributed by atoms with E-state index >= 15 is 0 Å². The first kappa shape index (κ1) is 19.0. The summed E-state index contributed by atoms with van der Waals surface area (Å²) in [5.74, 6) is 1.96. The van der Waals surface area contributed by atoms with E-state index in [1.165, 1.54) is 5.69 Å². The molecule has 0 atom stereocenters. The molecule has 0 radical (unpaired) electrons. The van der Waals surface area contributed by atoms with Crippen molar-refractivity contribution in [3.63, 3.8) is 0 Å². The van der Waals surface area contributed by atoms with Gasteiger partial charge in [0.25, 0.3) is 0 Å². The molecule has 1 aromatic carbocycles. The molecule has 6 heteroatoms. The third-order valence-corrected chi connectivity index (χ3v) is 4.73. The molecule has 2 aromatic rings. The van der Waals surface area contributed by atoms with Crippen molar-refractivity contribution >= 4 is 17.5 Å². The highest BCUT2D eigenvalue weighted by Crippen LogP contribution is 2.17. The maximum Gasteiger partial charge on any atom is 0.194 e. The Kier molecular flexibility index (Phi) is 6.52. The Bertz CT molecular complexity index is 735. The van der Waals surface area contributed by atoms with Gasteiger partial charge in [-0.3, -0.25) is 0 Å². The normalized spacial score (nSPS) is 15.0. The molecule has 0 saturated carbocycles. The molecule has 144 valence electrons. The van der Waals surface area contributed by atoms with Crippen LogP contribution in [0.5, 0.6) is 0 Å². The van der Waals surface area contributed by atoms with Crippen molar-refractivity contribution in [1.29, 1.82) is 0 Å². The number of aliphatic imine (C=N–C) groups is 1. The highest BCUT2D eigenvalue weighted by Gasteiger charge is 2.19. The van der Waals surface area contributed by atoms with Crippen molar-refractivity contribution in [3.05, 3.63) is 54.2 Å². The molecule has 0 aliphatic carbocycles. The van der Waals surface area contributed by atoms with Crippen molar-refractivity contribution in [3.8, 4) is 0 Å². The van der Waals surface area contributed by atoms with Gasteiger partial charge in [-0.2, -0.15) is 0 Å². The van der Waals surface area contributed by atoms with Gasteiger partial charge in [0, 0.05) is 64.3 Å². The summed E-state index contributed by atoms with van der Waals surface area (Å²) in [6.07, 6.45) is 1.83. The topological polar surface area (TPSA) is 47.0 Å². The van der Waals surface area contributed by atoms with Crippen LogP contribution in [0.25, 0.3) is 0 Å². The number of aromatic nitrogens is 1.